The molecule has 0 aliphatic heterocycles. The number of likely N-dealkylation sites (N-methyl/N-ethyl adjacent to an activating group) is 1. The van der Waals surface area contributed by atoms with E-state index in [-0.39, 0.29) is 17.1 Å². The van der Waals surface area contributed by atoms with Gasteiger partial charge in [-0.05, 0) is 37.1 Å². The second-order valence-electron chi connectivity index (χ2n) is 5.21. The number of nitrogens with one attached hydrogen (secondary N) is 1. The summed E-state index contributed by atoms with van der Waals surface area (Å²) in [5.41, 5.74) is 0.300. The summed E-state index contributed by atoms with van der Waals surface area (Å²) in [6, 6.07) is 0. The van der Waals surface area contributed by atoms with Crippen LogP contribution in [0.1, 0.15) is 40.0 Å². The minimum absolute atomic E-state index is 0.0203. The highest BCUT2D eigenvalue weighted by molar-refractivity contribution is 5.18. The average Bonchev–Trinajstić information content (AvgIpc) is 2.38. The molecule has 0 radical (unpaired) electrons. The van der Waals surface area contributed by atoms with Gasteiger partial charge in [0.1, 0.15) is 0 Å². The SMILES string of the molecule is CCNC12CCC(CC1O)C2(C)C. The molecule has 2 rings (SSSR count). The van der Waals surface area contributed by atoms with Gasteiger partial charge in [0, 0.05) is 5.54 Å². The highest BCUT2D eigenvalue weighted by Crippen LogP contribution is 2.59. The Balaban J connectivity index is 2.31. The molecule has 0 aromatic rings. The van der Waals surface area contributed by atoms with E-state index in [1.165, 1.54) is 6.42 Å². The van der Waals surface area contributed by atoms with E-state index < -0.39 is 0 Å². The molecule has 76 valence electrons. The van der Waals surface area contributed by atoms with Crippen molar-refractivity contribution < 1.29 is 5.11 Å². The van der Waals surface area contributed by atoms with Gasteiger partial charge in [-0.15, -0.1) is 0 Å². The van der Waals surface area contributed by atoms with E-state index >= 15 is 0 Å². The first-order valence-corrected chi connectivity index (χ1v) is 5.47. The van der Waals surface area contributed by atoms with Crippen molar-refractivity contribution in [3.8, 4) is 0 Å². The second kappa shape index (κ2) is 2.71. The van der Waals surface area contributed by atoms with Crippen LogP contribution in [0.5, 0.6) is 0 Å². The maximum absolute atomic E-state index is 10.1. The molecule has 0 saturated heterocycles. The van der Waals surface area contributed by atoms with Crippen molar-refractivity contribution in [1.82, 2.24) is 5.32 Å². The molecule has 0 aromatic heterocycles. The van der Waals surface area contributed by atoms with Crippen LogP contribution in [-0.2, 0) is 0 Å². The number of hydrogen-bond donors (Lipinski definition) is 2. The molecule has 2 nitrogen and oxygen atoms in total. The highest BCUT2D eigenvalue weighted by atomic mass is 16.3. The van der Waals surface area contributed by atoms with Crippen molar-refractivity contribution >= 4 is 0 Å². The zero-order chi connectivity index (χ0) is 9.69. The largest absolute Gasteiger partial charge is 0.391 e. The molecule has 13 heavy (non-hydrogen) atoms. The van der Waals surface area contributed by atoms with Crippen molar-refractivity contribution in [2.45, 2.75) is 51.7 Å². The Bertz CT molecular complexity index is 214. The van der Waals surface area contributed by atoms with Crippen LogP contribution in [0.3, 0.4) is 0 Å². The summed E-state index contributed by atoms with van der Waals surface area (Å²) in [4.78, 5) is 0. The molecule has 2 aliphatic carbocycles. The molecular formula is C11H21NO. The van der Waals surface area contributed by atoms with Gasteiger partial charge in [-0.25, -0.2) is 0 Å². The molecule has 0 heterocycles. The molecule has 2 aliphatic rings. The molecule has 3 unspecified atom stereocenters. The summed E-state index contributed by atoms with van der Waals surface area (Å²) >= 11 is 0. The van der Waals surface area contributed by atoms with Gasteiger partial charge in [0.05, 0.1) is 6.10 Å². The van der Waals surface area contributed by atoms with Gasteiger partial charge in [0.2, 0.25) is 0 Å². The fraction of sp³-hybridized carbons (Fsp3) is 1.00. The predicted molar refractivity (Wildman–Crippen MR) is 53.5 cm³/mol. The van der Waals surface area contributed by atoms with Crippen molar-refractivity contribution in [3.63, 3.8) is 0 Å². The van der Waals surface area contributed by atoms with E-state index in [2.05, 4.69) is 26.1 Å². The minimum atomic E-state index is -0.124. The second-order valence-corrected chi connectivity index (χ2v) is 5.21. The topological polar surface area (TPSA) is 32.3 Å². The number of hydrogen-bond acceptors (Lipinski definition) is 2. The molecule has 2 fully saturated rings. The summed E-state index contributed by atoms with van der Waals surface area (Å²) in [5, 5.41) is 13.6. The van der Waals surface area contributed by atoms with E-state index in [1.54, 1.807) is 0 Å². The standard InChI is InChI=1S/C11H21NO/c1-4-12-11-6-5-8(7-9(11)13)10(11,2)3/h8-9,12-13H,4-7H2,1-3H3. The molecule has 3 atom stereocenters. The van der Waals surface area contributed by atoms with Crippen molar-refractivity contribution in [2.24, 2.45) is 11.3 Å². The van der Waals surface area contributed by atoms with E-state index in [0.29, 0.717) is 0 Å². The Hall–Kier alpha value is -0.0800. The fourth-order valence-corrected chi connectivity index (χ4v) is 3.68. The van der Waals surface area contributed by atoms with Gasteiger partial charge in [0.25, 0.3) is 0 Å². The van der Waals surface area contributed by atoms with Gasteiger partial charge in [-0.3, -0.25) is 0 Å². The first-order chi connectivity index (χ1) is 6.04. The summed E-state index contributed by atoms with van der Waals surface area (Å²) in [5.74, 6) is 0.724. The zero-order valence-electron chi connectivity index (χ0n) is 8.93. The van der Waals surface area contributed by atoms with Gasteiger partial charge >= 0.3 is 0 Å². The monoisotopic (exact) mass is 183 g/mol. The van der Waals surface area contributed by atoms with Crippen LogP contribution in [0.2, 0.25) is 0 Å². The molecule has 2 N–H and O–H groups in total. The highest BCUT2D eigenvalue weighted by Gasteiger charge is 2.63. The van der Waals surface area contributed by atoms with Crippen LogP contribution in [0.25, 0.3) is 0 Å². The third kappa shape index (κ3) is 0.962. The van der Waals surface area contributed by atoms with Crippen molar-refractivity contribution in [3.05, 3.63) is 0 Å². The molecule has 2 saturated carbocycles. The van der Waals surface area contributed by atoms with E-state index in [9.17, 15) is 5.11 Å². The van der Waals surface area contributed by atoms with E-state index in [4.69, 9.17) is 0 Å². The summed E-state index contributed by atoms with van der Waals surface area (Å²) in [6.45, 7) is 7.71. The zero-order valence-corrected chi connectivity index (χ0v) is 8.93. The molecule has 2 heteroatoms. The summed E-state index contributed by atoms with van der Waals surface area (Å²) in [7, 11) is 0. The first-order valence-electron chi connectivity index (χ1n) is 5.47. The Kier molecular flexibility index (Phi) is 1.97. The number of aliphatic hydroxyl groups is 1. The van der Waals surface area contributed by atoms with Crippen LogP contribution < -0.4 is 5.32 Å². The molecule has 2 bridgehead atoms. The molecule has 0 spiro atoms. The van der Waals surface area contributed by atoms with E-state index in [0.717, 1.165) is 25.3 Å². The quantitative estimate of drug-likeness (QED) is 0.680. The van der Waals surface area contributed by atoms with Crippen LogP contribution in [-0.4, -0.2) is 23.3 Å². The maximum atomic E-state index is 10.1. The summed E-state index contributed by atoms with van der Waals surface area (Å²) < 4.78 is 0. The smallest absolute Gasteiger partial charge is 0.0729 e. The normalized spacial score (nSPS) is 47.1. The first kappa shape index (κ1) is 9.47. The van der Waals surface area contributed by atoms with Gasteiger partial charge in [0.15, 0.2) is 0 Å². The maximum Gasteiger partial charge on any atom is 0.0729 e. The Labute approximate surface area is 80.7 Å². The number of aliphatic hydroxyl groups excluding tert-OH is 1. The molecular weight excluding hydrogens is 162 g/mol. The fourth-order valence-electron chi connectivity index (χ4n) is 3.68. The molecule has 0 aromatic carbocycles. The lowest BCUT2D eigenvalue weighted by molar-refractivity contribution is 0.0394. The van der Waals surface area contributed by atoms with Crippen LogP contribution >= 0.6 is 0 Å². The van der Waals surface area contributed by atoms with E-state index in [1.807, 2.05) is 0 Å². The lowest BCUT2D eigenvalue weighted by Crippen LogP contribution is -2.57. The number of rotatable bonds is 2. The van der Waals surface area contributed by atoms with Crippen LogP contribution in [0.4, 0.5) is 0 Å². The van der Waals surface area contributed by atoms with Crippen LogP contribution in [0, 0.1) is 11.3 Å². The Morgan fingerprint density at radius 3 is 2.54 bits per heavy atom. The van der Waals surface area contributed by atoms with Crippen molar-refractivity contribution in [2.75, 3.05) is 6.54 Å². The van der Waals surface area contributed by atoms with Gasteiger partial charge < -0.3 is 10.4 Å². The van der Waals surface area contributed by atoms with Gasteiger partial charge in [-0.1, -0.05) is 20.8 Å². The van der Waals surface area contributed by atoms with Crippen molar-refractivity contribution in [1.29, 1.82) is 0 Å². The third-order valence-electron chi connectivity index (χ3n) is 4.63. The summed E-state index contributed by atoms with van der Waals surface area (Å²) in [6.07, 6.45) is 3.32. The lowest BCUT2D eigenvalue weighted by Gasteiger charge is -2.41. The lowest BCUT2D eigenvalue weighted by atomic mass is 9.75. The van der Waals surface area contributed by atoms with Gasteiger partial charge in [-0.2, -0.15) is 0 Å². The number of fused-ring (bicyclic) bond motifs is 2. The Morgan fingerprint density at radius 1 is 1.46 bits per heavy atom. The van der Waals surface area contributed by atoms with Crippen LogP contribution in [0.15, 0.2) is 0 Å². The average molecular weight is 183 g/mol. The third-order valence-corrected chi connectivity index (χ3v) is 4.63. The molecule has 0 amide bonds. The predicted octanol–water partition coefficient (Wildman–Crippen LogP) is 1.54. The minimum Gasteiger partial charge on any atom is -0.391 e. The Morgan fingerprint density at radius 2 is 2.15 bits per heavy atom.